The van der Waals surface area contributed by atoms with Crippen LogP contribution in [0.5, 0.6) is 0 Å². The topological polar surface area (TPSA) is 55.1 Å². The molecule has 1 aromatic carbocycles. The van der Waals surface area contributed by atoms with Gasteiger partial charge in [-0.1, -0.05) is 41.4 Å². The summed E-state index contributed by atoms with van der Waals surface area (Å²) in [5.41, 5.74) is 3.78. The van der Waals surface area contributed by atoms with Crippen molar-refractivity contribution >= 4 is 5.91 Å². The Morgan fingerprint density at radius 2 is 1.95 bits per heavy atom. The van der Waals surface area contributed by atoms with Crippen LogP contribution < -0.4 is 5.32 Å². The second kappa shape index (κ2) is 6.12. The molecule has 0 radical (unpaired) electrons. The standard InChI is InChI=1S/C17H20N2O2/c1-12-7-9-13(10-8-12)11-18-17(20)16-14-5-3-2-4-6-15(14)21-19-16/h7-10H,2-6,11H2,1H3,(H,18,20). The average Bonchev–Trinajstić information content (AvgIpc) is 2.75. The van der Waals surface area contributed by atoms with E-state index < -0.39 is 0 Å². The maximum atomic E-state index is 12.3. The van der Waals surface area contributed by atoms with Crippen LogP contribution >= 0.6 is 0 Å². The number of aryl methyl sites for hydroxylation is 2. The Bertz CT molecular complexity index is 629. The molecule has 1 N–H and O–H groups in total. The van der Waals surface area contributed by atoms with Crippen molar-refractivity contribution in [3.63, 3.8) is 0 Å². The number of nitrogens with zero attached hydrogens (tertiary/aromatic N) is 1. The summed E-state index contributed by atoms with van der Waals surface area (Å²) in [7, 11) is 0. The minimum absolute atomic E-state index is 0.137. The van der Waals surface area contributed by atoms with Crippen molar-refractivity contribution in [2.24, 2.45) is 0 Å². The Morgan fingerprint density at radius 3 is 2.76 bits per heavy atom. The van der Waals surface area contributed by atoms with Crippen molar-refractivity contribution in [3.05, 3.63) is 52.4 Å². The highest BCUT2D eigenvalue weighted by Gasteiger charge is 2.22. The van der Waals surface area contributed by atoms with Gasteiger partial charge < -0.3 is 9.84 Å². The normalized spacial score (nSPS) is 14.3. The maximum absolute atomic E-state index is 12.3. The Labute approximate surface area is 124 Å². The lowest BCUT2D eigenvalue weighted by Crippen LogP contribution is -2.24. The lowest BCUT2D eigenvalue weighted by molar-refractivity contribution is 0.0941. The highest BCUT2D eigenvalue weighted by atomic mass is 16.5. The van der Waals surface area contributed by atoms with Crippen molar-refractivity contribution in [2.75, 3.05) is 0 Å². The highest BCUT2D eigenvalue weighted by Crippen LogP contribution is 2.23. The Balaban J connectivity index is 1.68. The number of aromatic nitrogens is 1. The van der Waals surface area contributed by atoms with Gasteiger partial charge in [0.2, 0.25) is 0 Å². The molecule has 0 bridgehead atoms. The van der Waals surface area contributed by atoms with Crippen LogP contribution in [-0.2, 0) is 19.4 Å². The molecule has 0 saturated carbocycles. The van der Waals surface area contributed by atoms with E-state index >= 15 is 0 Å². The number of benzene rings is 1. The molecule has 1 aliphatic rings. The molecule has 4 nitrogen and oxygen atoms in total. The molecule has 1 aromatic heterocycles. The summed E-state index contributed by atoms with van der Waals surface area (Å²) in [6, 6.07) is 8.14. The summed E-state index contributed by atoms with van der Waals surface area (Å²) in [6.45, 7) is 2.56. The van der Waals surface area contributed by atoms with Crippen LogP contribution in [0.3, 0.4) is 0 Å². The van der Waals surface area contributed by atoms with Crippen LogP contribution in [0.2, 0.25) is 0 Å². The molecule has 0 saturated heterocycles. The zero-order chi connectivity index (χ0) is 14.7. The van der Waals surface area contributed by atoms with Crippen LogP contribution in [0.15, 0.2) is 28.8 Å². The Morgan fingerprint density at radius 1 is 1.19 bits per heavy atom. The lowest BCUT2D eigenvalue weighted by Gasteiger charge is -2.05. The number of hydrogen-bond acceptors (Lipinski definition) is 3. The largest absolute Gasteiger partial charge is 0.360 e. The van der Waals surface area contributed by atoms with E-state index in [1.807, 2.05) is 31.2 Å². The Kier molecular flexibility index (Phi) is 4.04. The first-order chi connectivity index (χ1) is 10.2. The zero-order valence-corrected chi connectivity index (χ0v) is 12.3. The molecular weight excluding hydrogens is 264 g/mol. The number of hydrogen-bond donors (Lipinski definition) is 1. The van der Waals surface area contributed by atoms with E-state index in [1.165, 1.54) is 12.0 Å². The number of amides is 1. The van der Waals surface area contributed by atoms with Gasteiger partial charge in [-0.15, -0.1) is 0 Å². The van der Waals surface area contributed by atoms with Gasteiger partial charge in [0.05, 0.1) is 0 Å². The van der Waals surface area contributed by atoms with Gasteiger partial charge in [-0.3, -0.25) is 4.79 Å². The summed E-state index contributed by atoms with van der Waals surface area (Å²) in [5.74, 6) is 0.760. The number of rotatable bonds is 3. The minimum atomic E-state index is -0.137. The molecule has 0 spiro atoms. The maximum Gasteiger partial charge on any atom is 0.274 e. The number of carbonyl (C=O) groups is 1. The van der Waals surface area contributed by atoms with E-state index in [9.17, 15) is 4.79 Å². The van der Waals surface area contributed by atoms with E-state index in [1.54, 1.807) is 0 Å². The van der Waals surface area contributed by atoms with Gasteiger partial charge in [0.1, 0.15) is 5.76 Å². The Hall–Kier alpha value is -2.10. The zero-order valence-electron chi connectivity index (χ0n) is 12.3. The predicted octanol–water partition coefficient (Wildman–Crippen LogP) is 3.18. The van der Waals surface area contributed by atoms with E-state index in [2.05, 4.69) is 10.5 Å². The predicted molar refractivity (Wildman–Crippen MR) is 80.1 cm³/mol. The van der Waals surface area contributed by atoms with Crippen molar-refractivity contribution in [1.29, 1.82) is 0 Å². The number of fused-ring (bicyclic) bond motifs is 1. The fraction of sp³-hybridized carbons (Fsp3) is 0.412. The van der Waals surface area contributed by atoms with Crippen LogP contribution in [0, 0.1) is 6.92 Å². The molecule has 1 amide bonds. The second-order valence-electron chi connectivity index (χ2n) is 5.66. The van der Waals surface area contributed by atoms with Crippen molar-refractivity contribution in [3.8, 4) is 0 Å². The summed E-state index contributed by atoms with van der Waals surface area (Å²) in [5, 5.41) is 6.91. The minimum Gasteiger partial charge on any atom is -0.360 e. The molecule has 4 heteroatoms. The third-order valence-electron chi connectivity index (χ3n) is 3.99. The van der Waals surface area contributed by atoms with Crippen molar-refractivity contribution < 1.29 is 9.32 Å². The van der Waals surface area contributed by atoms with Gasteiger partial charge in [0.15, 0.2) is 5.69 Å². The van der Waals surface area contributed by atoms with E-state index in [-0.39, 0.29) is 5.91 Å². The number of carbonyl (C=O) groups excluding carboxylic acids is 1. The van der Waals surface area contributed by atoms with Crippen LogP contribution in [0.25, 0.3) is 0 Å². The molecule has 0 unspecified atom stereocenters. The quantitative estimate of drug-likeness (QED) is 0.881. The monoisotopic (exact) mass is 284 g/mol. The van der Waals surface area contributed by atoms with Crippen LogP contribution in [0.4, 0.5) is 0 Å². The molecule has 21 heavy (non-hydrogen) atoms. The first-order valence-corrected chi connectivity index (χ1v) is 7.55. The third kappa shape index (κ3) is 3.15. The molecule has 0 fully saturated rings. The fourth-order valence-corrected chi connectivity index (χ4v) is 2.71. The fourth-order valence-electron chi connectivity index (χ4n) is 2.71. The second-order valence-corrected chi connectivity index (χ2v) is 5.66. The van der Waals surface area contributed by atoms with Gasteiger partial charge in [0.25, 0.3) is 5.91 Å². The van der Waals surface area contributed by atoms with Crippen molar-refractivity contribution in [1.82, 2.24) is 10.5 Å². The van der Waals surface area contributed by atoms with E-state index in [0.717, 1.165) is 42.6 Å². The van der Waals surface area contributed by atoms with E-state index in [0.29, 0.717) is 12.2 Å². The summed E-state index contributed by atoms with van der Waals surface area (Å²) >= 11 is 0. The molecule has 3 rings (SSSR count). The van der Waals surface area contributed by atoms with Crippen molar-refractivity contribution in [2.45, 2.75) is 45.6 Å². The third-order valence-corrected chi connectivity index (χ3v) is 3.99. The van der Waals surface area contributed by atoms with Gasteiger partial charge >= 0.3 is 0 Å². The molecule has 0 aliphatic heterocycles. The van der Waals surface area contributed by atoms with Gasteiger partial charge in [-0.2, -0.15) is 0 Å². The number of nitrogens with one attached hydrogen (secondary N) is 1. The summed E-state index contributed by atoms with van der Waals surface area (Å²) in [4.78, 5) is 12.3. The molecule has 1 heterocycles. The summed E-state index contributed by atoms with van der Waals surface area (Å²) < 4.78 is 5.35. The lowest BCUT2D eigenvalue weighted by atomic mass is 10.1. The first-order valence-electron chi connectivity index (χ1n) is 7.55. The van der Waals surface area contributed by atoms with E-state index in [4.69, 9.17) is 4.52 Å². The molecular formula is C17H20N2O2. The average molecular weight is 284 g/mol. The highest BCUT2D eigenvalue weighted by molar-refractivity contribution is 5.93. The first kappa shape index (κ1) is 13.9. The SMILES string of the molecule is Cc1ccc(CNC(=O)c2noc3c2CCCCC3)cc1. The van der Waals surface area contributed by atoms with Crippen LogP contribution in [0.1, 0.15) is 52.2 Å². The van der Waals surface area contributed by atoms with Gasteiger partial charge in [0, 0.05) is 18.5 Å². The molecule has 110 valence electrons. The smallest absolute Gasteiger partial charge is 0.274 e. The molecule has 1 aliphatic carbocycles. The molecule has 0 atom stereocenters. The van der Waals surface area contributed by atoms with Gasteiger partial charge in [-0.25, -0.2) is 0 Å². The van der Waals surface area contributed by atoms with Crippen LogP contribution in [-0.4, -0.2) is 11.1 Å². The van der Waals surface area contributed by atoms with Gasteiger partial charge in [-0.05, 0) is 31.7 Å². The molecule has 2 aromatic rings. The summed E-state index contributed by atoms with van der Waals surface area (Å²) in [6.07, 6.45) is 5.20.